The second kappa shape index (κ2) is 6.70. The molecule has 0 aliphatic carbocycles. The summed E-state index contributed by atoms with van der Waals surface area (Å²) in [6, 6.07) is 11.4. The number of nitrogens with two attached hydrogens (primary N) is 1. The predicted octanol–water partition coefficient (Wildman–Crippen LogP) is 3.47. The Labute approximate surface area is 124 Å². The molecule has 21 heavy (non-hydrogen) atoms. The number of nitrogen functional groups attached to an aromatic ring is 1. The third-order valence-corrected chi connectivity index (χ3v) is 3.16. The van der Waals surface area contributed by atoms with Gasteiger partial charge < -0.3 is 19.9 Å². The van der Waals surface area contributed by atoms with E-state index in [4.69, 9.17) is 19.9 Å². The van der Waals surface area contributed by atoms with Crippen molar-refractivity contribution in [3.05, 3.63) is 47.5 Å². The van der Waals surface area contributed by atoms with E-state index < -0.39 is 0 Å². The predicted molar refractivity (Wildman–Crippen MR) is 85.9 cm³/mol. The monoisotopic (exact) mass is 285 g/mol. The van der Waals surface area contributed by atoms with Crippen molar-refractivity contribution in [1.82, 2.24) is 0 Å². The highest BCUT2D eigenvalue weighted by Gasteiger charge is 2.07. The van der Waals surface area contributed by atoms with Gasteiger partial charge in [0.15, 0.2) is 11.5 Å². The summed E-state index contributed by atoms with van der Waals surface area (Å²) >= 11 is 0. The van der Waals surface area contributed by atoms with Gasteiger partial charge in [-0.1, -0.05) is 24.3 Å². The normalized spacial score (nSPS) is 10.6. The summed E-state index contributed by atoms with van der Waals surface area (Å²) in [7, 11) is 4.84. The van der Waals surface area contributed by atoms with Crippen LogP contribution in [-0.4, -0.2) is 21.3 Å². The fraction of sp³-hybridized carbons (Fsp3) is 0.176. The molecule has 0 aromatic heterocycles. The molecule has 4 nitrogen and oxygen atoms in total. The molecular weight excluding hydrogens is 266 g/mol. The van der Waals surface area contributed by atoms with Gasteiger partial charge in [-0.2, -0.15) is 0 Å². The lowest BCUT2D eigenvalue weighted by Crippen LogP contribution is -1.95. The first-order chi connectivity index (χ1) is 10.2. The number of anilines is 1. The Kier molecular flexibility index (Phi) is 4.72. The topological polar surface area (TPSA) is 53.7 Å². The smallest absolute Gasteiger partial charge is 0.162 e. The number of hydrogen-bond acceptors (Lipinski definition) is 4. The molecule has 0 radical (unpaired) electrons. The maximum absolute atomic E-state index is 6.02. The zero-order valence-electron chi connectivity index (χ0n) is 12.4. The average Bonchev–Trinajstić information content (AvgIpc) is 2.53. The minimum absolute atomic E-state index is 0.622. The van der Waals surface area contributed by atoms with Crippen LogP contribution in [0.2, 0.25) is 0 Å². The van der Waals surface area contributed by atoms with Gasteiger partial charge in [0.05, 0.1) is 21.3 Å². The summed E-state index contributed by atoms with van der Waals surface area (Å²) in [5.74, 6) is 2.11. The van der Waals surface area contributed by atoms with Gasteiger partial charge >= 0.3 is 0 Å². The zero-order chi connectivity index (χ0) is 15.2. The molecule has 2 rings (SSSR count). The Morgan fingerprint density at radius 1 is 0.810 bits per heavy atom. The van der Waals surface area contributed by atoms with Crippen molar-refractivity contribution in [2.24, 2.45) is 0 Å². The highest BCUT2D eigenvalue weighted by atomic mass is 16.5. The second-order valence-corrected chi connectivity index (χ2v) is 4.44. The van der Waals surface area contributed by atoms with Crippen LogP contribution in [0.4, 0.5) is 5.69 Å². The minimum atomic E-state index is 0.622. The van der Waals surface area contributed by atoms with Gasteiger partial charge in [-0.05, 0) is 23.8 Å². The Bertz CT molecular complexity index is 633. The summed E-state index contributed by atoms with van der Waals surface area (Å²) in [4.78, 5) is 0. The molecular formula is C17H19NO3. The van der Waals surface area contributed by atoms with Crippen LogP contribution in [0.3, 0.4) is 0 Å². The SMILES string of the molecule is COc1ccc(C=Cc2cc(OC)c(OC)cc2N)cc1. The van der Waals surface area contributed by atoms with Crippen LogP contribution < -0.4 is 19.9 Å². The van der Waals surface area contributed by atoms with Crippen molar-refractivity contribution in [2.75, 3.05) is 27.1 Å². The first-order valence-electron chi connectivity index (χ1n) is 6.51. The first kappa shape index (κ1) is 14.8. The lowest BCUT2D eigenvalue weighted by atomic mass is 10.1. The van der Waals surface area contributed by atoms with Crippen LogP contribution in [0.15, 0.2) is 36.4 Å². The average molecular weight is 285 g/mol. The molecule has 2 N–H and O–H groups in total. The molecule has 0 saturated heterocycles. The van der Waals surface area contributed by atoms with Crippen molar-refractivity contribution < 1.29 is 14.2 Å². The van der Waals surface area contributed by atoms with Crippen LogP contribution in [0.25, 0.3) is 12.2 Å². The van der Waals surface area contributed by atoms with Crippen LogP contribution >= 0.6 is 0 Å². The Hall–Kier alpha value is -2.62. The maximum atomic E-state index is 6.02. The molecule has 0 aliphatic rings. The van der Waals surface area contributed by atoms with E-state index in [2.05, 4.69) is 0 Å². The van der Waals surface area contributed by atoms with Crippen molar-refractivity contribution >= 4 is 17.8 Å². The molecule has 0 unspecified atom stereocenters. The van der Waals surface area contributed by atoms with Crippen LogP contribution in [0.5, 0.6) is 17.2 Å². The molecule has 0 atom stereocenters. The van der Waals surface area contributed by atoms with Gasteiger partial charge in [-0.25, -0.2) is 0 Å². The molecule has 110 valence electrons. The molecule has 2 aromatic carbocycles. The number of rotatable bonds is 5. The van der Waals surface area contributed by atoms with Crippen molar-refractivity contribution in [2.45, 2.75) is 0 Å². The molecule has 0 spiro atoms. The number of hydrogen-bond donors (Lipinski definition) is 1. The molecule has 0 saturated carbocycles. The first-order valence-corrected chi connectivity index (χ1v) is 6.51. The fourth-order valence-electron chi connectivity index (χ4n) is 1.96. The summed E-state index contributed by atoms with van der Waals surface area (Å²) in [5, 5.41) is 0. The van der Waals surface area contributed by atoms with Crippen LogP contribution in [0.1, 0.15) is 11.1 Å². The summed E-state index contributed by atoms with van der Waals surface area (Å²) in [6.45, 7) is 0. The van der Waals surface area contributed by atoms with Gasteiger partial charge in [0.25, 0.3) is 0 Å². The quantitative estimate of drug-likeness (QED) is 0.675. The van der Waals surface area contributed by atoms with E-state index in [9.17, 15) is 0 Å². The lowest BCUT2D eigenvalue weighted by Gasteiger charge is -2.10. The van der Waals surface area contributed by atoms with Gasteiger partial charge in [0.1, 0.15) is 5.75 Å². The van der Waals surface area contributed by atoms with Crippen molar-refractivity contribution in [3.63, 3.8) is 0 Å². The van der Waals surface area contributed by atoms with E-state index in [1.54, 1.807) is 27.4 Å². The molecule has 2 aromatic rings. The Morgan fingerprint density at radius 3 is 2.00 bits per heavy atom. The summed E-state index contributed by atoms with van der Waals surface area (Å²) in [6.07, 6.45) is 3.93. The Balaban J connectivity index is 2.27. The Morgan fingerprint density at radius 2 is 1.43 bits per heavy atom. The van der Waals surface area contributed by atoms with E-state index in [1.165, 1.54) is 0 Å². The molecule has 0 bridgehead atoms. The van der Waals surface area contributed by atoms with E-state index >= 15 is 0 Å². The van der Waals surface area contributed by atoms with Gasteiger partial charge in [0, 0.05) is 17.3 Å². The minimum Gasteiger partial charge on any atom is -0.497 e. The van der Waals surface area contributed by atoms with Gasteiger partial charge in [-0.15, -0.1) is 0 Å². The number of ether oxygens (including phenoxy) is 3. The third kappa shape index (κ3) is 3.48. The van der Waals surface area contributed by atoms with Crippen LogP contribution in [0, 0.1) is 0 Å². The summed E-state index contributed by atoms with van der Waals surface area (Å²) in [5.41, 5.74) is 8.60. The lowest BCUT2D eigenvalue weighted by molar-refractivity contribution is 0.355. The van der Waals surface area contributed by atoms with E-state index in [1.807, 2.05) is 42.5 Å². The summed E-state index contributed by atoms with van der Waals surface area (Å²) < 4.78 is 15.6. The molecule has 0 aliphatic heterocycles. The van der Waals surface area contributed by atoms with Crippen LogP contribution in [-0.2, 0) is 0 Å². The molecule has 0 amide bonds. The highest BCUT2D eigenvalue weighted by molar-refractivity contribution is 5.78. The van der Waals surface area contributed by atoms with E-state index in [0.29, 0.717) is 17.2 Å². The van der Waals surface area contributed by atoms with Crippen molar-refractivity contribution in [1.29, 1.82) is 0 Å². The van der Waals surface area contributed by atoms with Gasteiger partial charge in [0.2, 0.25) is 0 Å². The largest absolute Gasteiger partial charge is 0.497 e. The van der Waals surface area contributed by atoms with Crippen molar-refractivity contribution in [3.8, 4) is 17.2 Å². The van der Waals surface area contributed by atoms with E-state index in [-0.39, 0.29) is 0 Å². The van der Waals surface area contributed by atoms with E-state index in [0.717, 1.165) is 16.9 Å². The zero-order valence-corrected chi connectivity index (χ0v) is 12.4. The van der Waals surface area contributed by atoms with Gasteiger partial charge in [-0.3, -0.25) is 0 Å². The second-order valence-electron chi connectivity index (χ2n) is 4.44. The highest BCUT2D eigenvalue weighted by Crippen LogP contribution is 2.32. The molecule has 4 heteroatoms. The fourth-order valence-corrected chi connectivity index (χ4v) is 1.96. The standard InChI is InChI=1S/C17H19NO3/c1-19-14-8-5-12(6-9-14)4-7-13-10-16(20-2)17(21-3)11-15(13)18/h4-11H,18H2,1-3H3. The molecule has 0 fully saturated rings. The number of methoxy groups -OCH3 is 3. The maximum Gasteiger partial charge on any atom is 0.162 e. The number of benzene rings is 2. The third-order valence-electron chi connectivity index (χ3n) is 3.16. The molecule has 0 heterocycles.